The fourth-order valence-electron chi connectivity index (χ4n) is 6.15. The van der Waals surface area contributed by atoms with Crippen LogP contribution in [0.25, 0.3) is 0 Å². The second kappa shape index (κ2) is 4.62. The van der Waals surface area contributed by atoms with E-state index < -0.39 is 0 Å². The third-order valence-corrected chi connectivity index (χ3v) is 6.38. The third kappa shape index (κ3) is 2.22. The molecule has 1 heterocycles. The maximum absolute atomic E-state index is 6.54. The van der Waals surface area contributed by atoms with E-state index in [1.807, 2.05) is 0 Å². The molecule has 5 rings (SSSR count). The smallest absolute Gasteiger partial charge is 0.0187 e. The van der Waals surface area contributed by atoms with Crippen LogP contribution in [0.4, 0.5) is 0 Å². The van der Waals surface area contributed by atoms with E-state index >= 15 is 0 Å². The summed E-state index contributed by atoms with van der Waals surface area (Å²) in [6.45, 7) is 0. The molecule has 4 saturated carbocycles. The van der Waals surface area contributed by atoms with Crippen LogP contribution in [0, 0.1) is 23.2 Å². The van der Waals surface area contributed by atoms with Crippen LogP contribution in [0.3, 0.4) is 0 Å². The first kappa shape index (κ1) is 12.9. The summed E-state index contributed by atoms with van der Waals surface area (Å²) in [6.07, 6.45) is 13.5. The number of nitrogens with zero attached hydrogens (tertiary/aromatic N) is 1. The molecule has 0 amide bonds. The van der Waals surface area contributed by atoms with Crippen molar-refractivity contribution < 1.29 is 0 Å². The average Bonchev–Trinajstić information content (AvgIpc) is 2.72. The minimum Gasteiger partial charge on any atom is -0.354 e. The zero-order valence-electron chi connectivity index (χ0n) is 12.7. The highest BCUT2D eigenvalue weighted by Gasteiger charge is 2.50. The number of aryl methyl sites for hydroxylation is 1. The van der Waals surface area contributed by atoms with Crippen molar-refractivity contribution in [1.29, 1.82) is 0 Å². The summed E-state index contributed by atoms with van der Waals surface area (Å²) in [6, 6.07) is 4.70. The predicted octanol–water partition coefficient (Wildman–Crippen LogP) is 3.50. The van der Waals surface area contributed by atoms with Crippen molar-refractivity contribution in [2.75, 3.05) is 0 Å². The molecule has 0 radical (unpaired) electrons. The molecule has 4 bridgehead atoms. The third-order valence-electron chi connectivity index (χ3n) is 6.38. The largest absolute Gasteiger partial charge is 0.354 e. The first-order valence-corrected chi connectivity index (χ1v) is 8.48. The van der Waals surface area contributed by atoms with Gasteiger partial charge in [0, 0.05) is 31.4 Å². The fourth-order valence-corrected chi connectivity index (χ4v) is 6.15. The number of rotatable bonds is 4. The van der Waals surface area contributed by atoms with E-state index in [2.05, 4.69) is 29.9 Å². The average molecular weight is 272 g/mol. The van der Waals surface area contributed by atoms with E-state index in [1.54, 1.807) is 0 Å². The molecule has 4 fully saturated rings. The van der Waals surface area contributed by atoms with E-state index in [4.69, 9.17) is 5.73 Å². The summed E-state index contributed by atoms with van der Waals surface area (Å²) >= 11 is 0. The molecule has 0 spiro atoms. The van der Waals surface area contributed by atoms with Gasteiger partial charge in [-0.05, 0) is 80.2 Å². The lowest BCUT2D eigenvalue weighted by Crippen LogP contribution is -2.48. The maximum Gasteiger partial charge on any atom is 0.0187 e. The van der Waals surface area contributed by atoms with Crippen LogP contribution in [-0.2, 0) is 13.5 Å². The summed E-state index contributed by atoms with van der Waals surface area (Å²) in [5.74, 6) is 3.13. The molecule has 1 aromatic rings. The topological polar surface area (TPSA) is 30.9 Å². The summed E-state index contributed by atoms with van der Waals surface area (Å²) in [5, 5.41) is 0. The van der Waals surface area contributed by atoms with Gasteiger partial charge in [0.2, 0.25) is 0 Å². The van der Waals surface area contributed by atoms with Crippen LogP contribution in [0.5, 0.6) is 0 Å². The molecule has 4 aliphatic rings. The SMILES string of the molecule is Cn1cccc1CC(N)CC12CC3CC(CC(C3)C1)C2. The Morgan fingerprint density at radius 3 is 2.30 bits per heavy atom. The van der Waals surface area contributed by atoms with E-state index in [0.29, 0.717) is 11.5 Å². The molecular formula is C18H28N2. The molecule has 20 heavy (non-hydrogen) atoms. The Labute approximate surface area is 122 Å². The van der Waals surface area contributed by atoms with E-state index in [0.717, 1.165) is 24.2 Å². The Hall–Kier alpha value is -0.760. The Morgan fingerprint density at radius 2 is 1.80 bits per heavy atom. The number of hydrogen-bond acceptors (Lipinski definition) is 1. The van der Waals surface area contributed by atoms with Crippen LogP contribution in [0.15, 0.2) is 18.3 Å². The van der Waals surface area contributed by atoms with Gasteiger partial charge in [0.15, 0.2) is 0 Å². The molecule has 1 aromatic heterocycles. The van der Waals surface area contributed by atoms with Crippen molar-refractivity contribution in [2.45, 2.75) is 57.4 Å². The highest BCUT2D eigenvalue weighted by molar-refractivity contribution is 5.09. The Morgan fingerprint density at radius 1 is 1.20 bits per heavy atom. The first-order valence-electron chi connectivity index (χ1n) is 8.48. The highest BCUT2D eigenvalue weighted by Crippen LogP contribution is 2.61. The lowest BCUT2D eigenvalue weighted by Gasteiger charge is -2.57. The summed E-state index contributed by atoms with van der Waals surface area (Å²) in [7, 11) is 2.13. The van der Waals surface area contributed by atoms with Gasteiger partial charge in [0.25, 0.3) is 0 Å². The molecule has 2 nitrogen and oxygen atoms in total. The van der Waals surface area contributed by atoms with Gasteiger partial charge in [-0.3, -0.25) is 0 Å². The minimum atomic E-state index is 0.347. The minimum absolute atomic E-state index is 0.347. The van der Waals surface area contributed by atoms with Crippen LogP contribution in [0.1, 0.15) is 50.6 Å². The van der Waals surface area contributed by atoms with Crippen molar-refractivity contribution in [2.24, 2.45) is 36.0 Å². The molecule has 0 aliphatic heterocycles. The first-order chi connectivity index (χ1) is 9.62. The van der Waals surface area contributed by atoms with Crippen molar-refractivity contribution in [3.05, 3.63) is 24.0 Å². The van der Waals surface area contributed by atoms with Crippen molar-refractivity contribution >= 4 is 0 Å². The van der Waals surface area contributed by atoms with E-state index in [1.165, 1.54) is 50.6 Å². The fraction of sp³-hybridized carbons (Fsp3) is 0.778. The summed E-state index contributed by atoms with van der Waals surface area (Å²) in [5.41, 5.74) is 8.56. The van der Waals surface area contributed by atoms with Crippen LogP contribution in [0.2, 0.25) is 0 Å². The summed E-state index contributed by atoms with van der Waals surface area (Å²) < 4.78 is 2.22. The molecule has 0 aromatic carbocycles. The lowest BCUT2D eigenvalue weighted by atomic mass is 9.48. The van der Waals surface area contributed by atoms with E-state index in [9.17, 15) is 0 Å². The molecule has 110 valence electrons. The normalized spacial score (nSPS) is 40.2. The molecular weight excluding hydrogens is 244 g/mol. The lowest BCUT2D eigenvalue weighted by molar-refractivity contribution is -0.0603. The van der Waals surface area contributed by atoms with Crippen LogP contribution >= 0.6 is 0 Å². The molecule has 1 atom stereocenters. The standard InChI is InChI=1S/C18H28N2/c1-20-4-2-3-17(20)8-16(19)12-18-9-13-5-14(10-18)7-15(6-13)11-18/h2-4,13-16H,5-12,19H2,1H3. The quantitative estimate of drug-likeness (QED) is 0.893. The van der Waals surface area contributed by atoms with Crippen LogP contribution < -0.4 is 5.73 Å². The number of hydrogen-bond donors (Lipinski definition) is 1. The second-order valence-electron chi connectivity index (χ2n) is 8.20. The second-order valence-corrected chi connectivity index (χ2v) is 8.20. The highest BCUT2D eigenvalue weighted by atomic mass is 14.9. The van der Waals surface area contributed by atoms with Gasteiger partial charge in [-0.2, -0.15) is 0 Å². The van der Waals surface area contributed by atoms with Gasteiger partial charge in [0.05, 0.1) is 0 Å². The Bertz CT molecular complexity index is 452. The molecule has 2 N–H and O–H groups in total. The van der Waals surface area contributed by atoms with Gasteiger partial charge in [-0.25, -0.2) is 0 Å². The number of aromatic nitrogens is 1. The molecule has 1 unspecified atom stereocenters. The monoisotopic (exact) mass is 272 g/mol. The van der Waals surface area contributed by atoms with Gasteiger partial charge >= 0.3 is 0 Å². The molecule has 0 saturated heterocycles. The van der Waals surface area contributed by atoms with Crippen molar-refractivity contribution in [1.82, 2.24) is 4.57 Å². The predicted molar refractivity (Wildman–Crippen MR) is 82.3 cm³/mol. The maximum atomic E-state index is 6.54. The molecule has 2 heteroatoms. The van der Waals surface area contributed by atoms with Gasteiger partial charge < -0.3 is 10.3 Å². The van der Waals surface area contributed by atoms with Gasteiger partial charge in [-0.15, -0.1) is 0 Å². The summed E-state index contributed by atoms with van der Waals surface area (Å²) in [4.78, 5) is 0. The van der Waals surface area contributed by atoms with Gasteiger partial charge in [-0.1, -0.05) is 0 Å². The Kier molecular flexibility index (Phi) is 2.99. The van der Waals surface area contributed by atoms with Crippen molar-refractivity contribution in [3.8, 4) is 0 Å². The zero-order chi connectivity index (χ0) is 13.7. The van der Waals surface area contributed by atoms with Crippen LogP contribution in [-0.4, -0.2) is 10.6 Å². The molecule has 4 aliphatic carbocycles. The number of nitrogens with two attached hydrogens (primary N) is 1. The van der Waals surface area contributed by atoms with E-state index in [-0.39, 0.29) is 0 Å². The zero-order valence-corrected chi connectivity index (χ0v) is 12.7. The Balaban J connectivity index is 1.44. The van der Waals surface area contributed by atoms with Crippen molar-refractivity contribution in [3.63, 3.8) is 0 Å². The van der Waals surface area contributed by atoms with Gasteiger partial charge in [0.1, 0.15) is 0 Å².